The molecule has 0 radical (unpaired) electrons. The van der Waals surface area contributed by atoms with Gasteiger partial charge in [0.05, 0.1) is 4.90 Å². The maximum atomic E-state index is 13.5. The largest absolute Gasteiger partial charge is 0.322 e. The zero-order valence-electron chi connectivity index (χ0n) is 14.3. The summed E-state index contributed by atoms with van der Waals surface area (Å²) < 4.78 is 40.4. The highest BCUT2D eigenvalue weighted by molar-refractivity contribution is 7.89. The fourth-order valence-electron chi connectivity index (χ4n) is 2.31. The van der Waals surface area contributed by atoms with E-state index in [1.54, 1.807) is 19.9 Å². The number of sulfonamides is 1. The van der Waals surface area contributed by atoms with Gasteiger partial charge in [0, 0.05) is 17.3 Å². The quantitative estimate of drug-likeness (QED) is 0.826. The zero-order valence-corrected chi connectivity index (χ0v) is 15.2. The van der Waals surface area contributed by atoms with Gasteiger partial charge in [-0.1, -0.05) is 13.0 Å². The lowest BCUT2D eigenvalue weighted by atomic mass is 10.1. The number of benzene rings is 2. The minimum Gasteiger partial charge on any atom is -0.322 e. The van der Waals surface area contributed by atoms with E-state index < -0.39 is 15.9 Å². The lowest BCUT2D eigenvalue weighted by Gasteiger charge is -2.11. The van der Waals surface area contributed by atoms with Crippen molar-refractivity contribution in [3.05, 3.63) is 59.4 Å². The summed E-state index contributed by atoms with van der Waals surface area (Å²) in [5.41, 5.74) is 1.15. The topological polar surface area (TPSA) is 75.3 Å². The maximum absolute atomic E-state index is 13.5. The van der Waals surface area contributed by atoms with Crippen LogP contribution in [0.15, 0.2) is 47.4 Å². The summed E-state index contributed by atoms with van der Waals surface area (Å²) in [7, 11) is -3.68. The molecule has 0 heterocycles. The highest BCUT2D eigenvalue weighted by atomic mass is 32.2. The molecule has 0 aliphatic carbocycles. The molecule has 0 spiro atoms. The van der Waals surface area contributed by atoms with Gasteiger partial charge < -0.3 is 5.32 Å². The molecule has 0 fully saturated rings. The fraction of sp³-hybridized carbons (Fsp3) is 0.278. The number of amides is 1. The standard InChI is InChI=1S/C18H21FN2O3S/c1-4-13-10-15(8-9-17(13)19)20-18(22)14-6-5-7-16(11-14)25(23,24)21-12(2)3/h5-12,21H,4H2,1-3H3,(H,20,22). The van der Waals surface area contributed by atoms with Crippen molar-refractivity contribution in [1.82, 2.24) is 4.72 Å². The molecule has 0 atom stereocenters. The average Bonchev–Trinajstić information content (AvgIpc) is 2.55. The van der Waals surface area contributed by atoms with Gasteiger partial charge >= 0.3 is 0 Å². The first kappa shape index (κ1) is 19.1. The zero-order chi connectivity index (χ0) is 18.6. The van der Waals surface area contributed by atoms with Gasteiger partial charge in [0.2, 0.25) is 10.0 Å². The van der Waals surface area contributed by atoms with Gasteiger partial charge in [-0.3, -0.25) is 4.79 Å². The van der Waals surface area contributed by atoms with E-state index in [0.717, 1.165) is 0 Å². The maximum Gasteiger partial charge on any atom is 0.255 e. The number of carbonyl (C=O) groups excluding carboxylic acids is 1. The van der Waals surface area contributed by atoms with Crippen molar-refractivity contribution in [2.24, 2.45) is 0 Å². The first-order chi connectivity index (χ1) is 11.7. The molecule has 2 N–H and O–H groups in total. The summed E-state index contributed by atoms with van der Waals surface area (Å²) in [4.78, 5) is 12.4. The van der Waals surface area contributed by atoms with Crippen LogP contribution >= 0.6 is 0 Å². The second kappa shape index (κ2) is 7.76. The molecule has 0 aromatic heterocycles. The number of nitrogens with one attached hydrogen (secondary N) is 2. The molecule has 2 aromatic carbocycles. The first-order valence-corrected chi connectivity index (χ1v) is 9.43. The van der Waals surface area contributed by atoms with Crippen LogP contribution in [0.3, 0.4) is 0 Å². The number of halogens is 1. The third-order valence-corrected chi connectivity index (χ3v) is 5.14. The Hall–Kier alpha value is -2.25. The molecular formula is C18H21FN2O3S. The molecule has 0 aliphatic heterocycles. The number of aryl methyl sites for hydroxylation is 1. The minimum absolute atomic E-state index is 0.0159. The van der Waals surface area contributed by atoms with Crippen LogP contribution in [-0.2, 0) is 16.4 Å². The molecule has 2 rings (SSSR count). The molecular weight excluding hydrogens is 343 g/mol. The SMILES string of the molecule is CCc1cc(NC(=O)c2cccc(S(=O)(=O)NC(C)C)c2)ccc1F. The summed E-state index contributed by atoms with van der Waals surface area (Å²) in [6.07, 6.45) is 0.504. The monoisotopic (exact) mass is 364 g/mol. The molecule has 0 bridgehead atoms. The molecule has 0 saturated heterocycles. The fourth-order valence-corrected chi connectivity index (χ4v) is 3.61. The Kier molecular flexibility index (Phi) is 5.92. The Morgan fingerprint density at radius 1 is 1.16 bits per heavy atom. The van der Waals surface area contributed by atoms with E-state index in [1.165, 1.54) is 36.4 Å². The van der Waals surface area contributed by atoms with Gasteiger partial charge in [-0.15, -0.1) is 0 Å². The molecule has 1 amide bonds. The molecule has 0 saturated carbocycles. The summed E-state index contributed by atoms with van der Waals surface area (Å²) in [5, 5.41) is 2.66. The Labute approximate surface area is 147 Å². The number of hydrogen-bond acceptors (Lipinski definition) is 3. The van der Waals surface area contributed by atoms with Gasteiger partial charge in [-0.05, 0) is 62.2 Å². The summed E-state index contributed by atoms with van der Waals surface area (Å²) in [6, 6.07) is 9.83. The smallest absolute Gasteiger partial charge is 0.255 e. The molecule has 7 heteroatoms. The Bertz CT molecular complexity index is 880. The number of hydrogen-bond donors (Lipinski definition) is 2. The highest BCUT2D eigenvalue weighted by Gasteiger charge is 2.17. The summed E-state index contributed by atoms with van der Waals surface area (Å²) in [6.45, 7) is 5.25. The normalized spacial score (nSPS) is 11.6. The van der Waals surface area contributed by atoms with Crippen molar-refractivity contribution < 1.29 is 17.6 Å². The molecule has 25 heavy (non-hydrogen) atoms. The van der Waals surface area contributed by atoms with E-state index >= 15 is 0 Å². The third kappa shape index (κ3) is 4.87. The van der Waals surface area contributed by atoms with Crippen LogP contribution in [0.25, 0.3) is 0 Å². The molecule has 5 nitrogen and oxygen atoms in total. The van der Waals surface area contributed by atoms with Gasteiger partial charge in [0.15, 0.2) is 0 Å². The van der Waals surface area contributed by atoms with Crippen molar-refractivity contribution in [3.63, 3.8) is 0 Å². The second-order valence-corrected chi connectivity index (χ2v) is 7.63. The van der Waals surface area contributed by atoms with Crippen LogP contribution in [0.4, 0.5) is 10.1 Å². The van der Waals surface area contributed by atoms with Crippen LogP contribution in [0, 0.1) is 5.82 Å². The Morgan fingerprint density at radius 2 is 1.88 bits per heavy atom. The molecule has 134 valence electrons. The number of rotatable bonds is 6. The van der Waals surface area contributed by atoms with E-state index in [0.29, 0.717) is 17.7 Å². The second-order valence-electron chi connectivity index (χ2n) is 5.92. The van der Waals surface area contributed by atoms with Crippen LogP contribution < -0.4 is 10.0 Å². The average molecular weight is 364 g/mol. The van der Waals surface area contributed by atoms with Gasteiger partial charge in [-0.25, -0.2) is 17.5 Å². The highest BCUT2D eigenvalue weighted by Crippen LogP contribution is 2.17. The van der Waals surface area contributed by atoms with Gasteiger partial charge in [0.25, 0.3) is 5.91 Å². The number of carbonyl (C=O) groups is 1. The minimum atomic E-state index is -3.68. The van der Waals surface area contributed by atoms with Crippen molar-refractivity contribution in [3.8, 4) is 0 Å². The van der Waals surface area contributed by atoms with E-state index in [-0.39, 0.29) is 22.3 Å². The molecule has 0 unspecified atom stereocenters. The van der Waals surface area contributed by atoms with Crippen LogP contribution in [0.5, 0.6) is 0 Å². The van der Waals surface area contributed by atoms with Crippen LogP contribution in [0.2, 0.25) is 0 Å². The van der Waals surface area contributed by atoms with E-state index in [2.05, 4.69) is 10.0 Å². The predicted molar refractivity (Wildman–Crippen MR) is 95.6 cm³/mol. The number of anilines is 1. The van der Waals surface area contributed by atoms with Crippen molar-refractivity contribution >= 4 is 21.6 Å². The van der Waals surface area contributed by atoms with Gasteiger partial charge in [-0.2, -0.15) is 0 Å². The van der Waals surface area contributed by atoms with E-state index in [4.69, 9.17) is 0 Å². The van der Waals surface area contributed by atoms with Crippen LogP contribution in [0.1, 0.15) is 36.7 Å². The van der Waals surface area contributed by atoms with Crippen molar-refractivity contribution in [2.75, 3.05) is 5.32 Å². The predicted octanol–water partition coefficient (Wildman–Crippen LogP) is 3.33. The van der Waals surface area contributed by atoms with Gasteiger partial charge in [0.1, 0.15) is 5.82 Å². The first-order valence-electron chi connectivity index (χ1n) is 7.95. The Balaban J connectivity index is 2.24. The summed E-state index contributed by atoms with van der Waals surface area (Å²) in [5.74, 6) is -0.788. The Morgan fingerprint density at radius 3 is 2.52 bits per heavy atom. The lowest BCUT2D eigenvalue weighted by molar-refractivity contribution is 0.102. The van der Waals surface area contributed by atoms with E-state index in [9.17, 15) is 17.6 Å². The van der Waals surface area contributed by atoms with Crippen LogP contribution in [-0.4, -0.2) is 20.4 Å². The van der Waals surface area contributed by atoms with Crippen molar-refractivity contribution in [2.45, 2.75) is 38.1 Å². The lowest BCUT2D eigenvalue weighted by Crippen LogP contribution is -2.30. The molecule has 2 aromatic rings. The summed E-state index contributed by atoms with van der Waals surface area (Å²) >= 11 is 0. The van der Waals surface area contributed by atoms with Crippen molar-refractivity contribution in [1.29, 1.82) is 0 Å². The van der Waals surface area contributed by atoms with E-state index in [1.807, 2.05) is 6.92 Å². The molecule has 0 aliphatic rings. The third-order valence-electron chi connectivity index (χ3n) is 3.48.